The Labute approximate surface area is 180 Å². The Morgan fingerprint density at radius 2 is 2.10 bits per heavy atom. The molecule has 164 valence electrons. The van der Waals surface area contributed by atoms with Crippen molar-refractivity contribution in [1.82, 2.24) is 25.0 Å². The summed E-state index contributed by atoms with van der Waals surface area (Å²) in [5.74, 6) is 0.812. The zero-order valence-corrected chi connectivity index (χ0v) is 18.9. The van der Waals surface area contributed by atoms with Crippen molar-refractivity contribution in [2.45, 2.75) is 78.0 Å². The average Bonchev–Trinajstić information content (AvgIpc) is 3.26. The van der Waals surface area contributed by atoms with Gasteiger partial charge in [0.15, 0.2) is 0 Å². The Hall–Kier alpha value is -2.42. The maximum absolute atomic E-state index is 12.8. The highest BCUT2D eigenvalue weighted by atomic mass is 32.1. The van der Waals surface area contributed by atoms with Gasteiger partial charge in [0.25, 0.3) is 5.91 Å². The molecule has 0 saturated carbocycles. The number of thiophene rings is 1. The van der Waals surface area contributed by atoms with Gasteiger partial charge in [-0.25, -0.2) is 9.48 Å². The number of fused-ring (bicyclic) bond motifs is 1. The van der Waals surface area contributed by atoms with Crippen molar-refractivity contribution in [3.63, 3.8) is 0 Å². The molecule has 0 fully saturated rings. The van der Waals surface area contributed by atoms with Crippen LogP contribution in [-0.2, 0) is 24.3 Å². The predicted molar refractivity (Wildman–Crippen MR) is 117 cm³/mol. The quantitative estimate of drug-likeness (QED) is 0.699. The summed E-state index contributed by atoms with van der Waals surface area (Å²) in [7, 11) is 0. The first-order valence-corrected chi connectivity index (χ1v) is 11.4. The van der Waals surface area contributed by atoms with Crippen LogP contribution in [0.25, 0.3) is 0 Å². The number of hydrogen-bond acceptors (Lipinski definition) is 5. The standard InChI is InChI=1S/C21H31N5O3S/c1-14(2)9-12-26-20(29)25-11-10-15(7-8-17(25)24-26)22-19(28)21(3,4)23-18(27)16-6-5-13-30-16/h5-6,13-15H,7-12H2,1-4H3,(H,22,28)(H,23,27). The van der Waals surface area contributed by atoms with E-state index in [0.717, 1.165) is 12.2 Å². The number of rotatable bonds is 7. The molecule has 1 aliphatic heterocycles. The number of amides is 2. The summed E-state index contributed by atoms with van der Waals surface area (Å²) < 4.78 is 3.30. The monoisotopic (exact) mass is 433 g/mol. The minimum Gasteiger partial charge on any atom is -0.351 e. The fourth-order valence-corrected chi connectivity index (χ4v) is 4.09. The number of nitrogens with zero attached hydrogens (tertiary/aromatic N) is 3. The summed E-state index contributed by atoms with van der Waals surface area (Å²) in [5.41, 5.74) is -1.11. The molecule has 1 aliphatic rings. The van der Waals surface area contributed by atoms with E-state index in [-0.39, 0.29) is 23.5 Å². The first kappa shape index (κ1) is 22.3. The molecule has 0 aromatic carbocycles. The molecule has 2 N–H and O–H groups in total. The molecule has 0 bridgehead atoms. The fraction of sp³-hybridized carbons (Fsp3) is 0.619. The number of nitrogens with one attached hydrogen (secondary N) is 2. The zero-order valence-electron chi connectivity index (χ0n) is 18.1. The number of aromatic nitrogens is 3. The van der Waals surface area contributed by atoms with E-state index in [9.17, 15) is 14.4 Å². The zero-order chi connectivity index (χ0) is 21.9. The van der Waals surface area contributed by atoms with E-state index in [1.807, 2.05) is 5.38 Å². The van der Waals surface area contributed by atoms with E-state index in [1.165, 1.54) is 11.3 Å². The number of carbonyl (C=O) groups is 2. The van der Waals surface area contributed by atoms with Crippen molar-refractivity contribution < 1.29 is 9.59 Å². The van der Waals surface area contributed by atoms with Crippen molar-refractivity contribution in [3.05, 3.63) is 38.7 Å². The van der Waals surface area contributed by atoms with E-state index >= 15 is 0 Å². The fourth-order valence-electron chi connectivity index (χ4n) is 3.47. The van der Waals surface area contributed by atoms with Gasteiger partial charge in [0, 0.05) is 25.6 Å². The van der Waals surface area contributed by atoms with Gasteiger partial charge in [0.1, 0.15) is 11.4 Å². The second-order valence-electron chi connectivity index (χ2n) is 8.81. The molecule has 2 amide bonds. The summed E-state index contributed by atoms with van der Waals surface area (Å²) in [5, 5.41) is 12.2. The van der Waals surface area contributed by atoms with Crippen LogP contribution in [0.4, 0.5) is 0 Å². The van der Waals surface area contributed by atoms with E-state index in [4.69, 9.17) is 0 Å². The Bertz CT molecular complexity index is 942. The summed E-state index contributed by atoms with van der Waals surface area (Å²) in [6.07, 6.45) is 2.92. The van der Waals surface area contributed by atoms with E-state index in [0.29, 0.717) is 43.1 Å². The van der Waals surface area contributed by atoms with Crippen LogP contribution in [0.5, 0.6) is 0 Å². The minimum absolute atomic E-state index is 0.0684. The number of aryl methyl sites for hydroxylation is 2. The molecule has 0 spiro atoms. The molecular weight excluding hydrogens is 402 g/mol. The third-order valence-corrected chi connectivity index (χ3v) is 6.28. The highest BCUT2D eigenvalue weighted by molar-refractivity contribution is 7.12. The van der Waals surface area contributed by atoms with Gasteiger partial charge in [-0.2, -0.15) is 5.10 Å². The third-order valence-electron chi connectivity index (χ3n) is 5.41. The molecule has 0 aliphatic carbocycles. The average molecular weight is 434 g/mol. The SMILES string of the molecule is CC(C)CCn1nc2n(c1=O)CCC(NC(=O)C(C)(C)NC(=O)c1cccs1)CC2. The molecule has 1 unspecified atom stereocenters. The number of hydrogen-bond donors (Lipinski definition) is 2. The van der Waals surface area contributed by atoms with E-state index < -0.39 is 5.54 Å². The molecule has 30 heavy (non-hydrogen) atoms. The molecule has 0 radical (unpaired) electrons. The van der Waals surface area contributed by atoms with Gasteiger partial charge < -0.3 is 10.6 Å². The molecule has 2 aromatic heterocycles. The molecule has 8 nitrogen and oxygen atoms in total. The lowest BCUT2D eigenvalue weighted by Crippen LogP contribution is -2.56. The Morgan fingerprint density at radius 3 is 2.77 bits per heavy atom. The lowest BCUT2D eigenvalue weighted by Gasteiger charge is -2.27. The lowest BCUT2D eigenvalue weighted by atomic mass is 10.0. The smallest absolute Gasteiger partial charge is 0.345 e. The summed E-state index contributed by atoms with van der Waals surface area (Å²) in [4.78, 5) is 38.3. The van der Waals surface area contributed by atoms with Crippen LogP contribution >= 0.6 is 11.3 Å². The second-order valence-corrected chi connectivity index (χ2v) is 9.76. The Morgan fingerprint density at radius 1 is 1.33 bits per heavy atom. The van der Waals surface area contributed by atoms with Crippen LogP contribution in [0.3, 0.4) is 0 Å². The molecule has 0 saturated heterocycles. The molecule has 3 rings (SSSR count). The van der Waals surface area contributed by atoms with Crippen LogP contribution in [0.1, 0.15) is 62.5 Å². The van der Waals surface area contributed by atoms with E-state index in [2.05, 4.69) is 29.6 Å². The second kappa shape index (κ2) is 9.16. The van der Waals surface area contributed by atoms with Crippen LogP contribution < -0.4 is 16.3 Å². The van der Waals surface area contributed by atoms with Crippen molar-refractivity contribution in [3.8, 4) is 0 Å². The molecule has 3 heterocycles. The minimum atomic E-state index is -1.04. The molecule has 2 aromatic rings. The van der Waals surface area contributed by atoms with Gasteiger partial charge in [0.2, 0.25) is 5.91 Å². The van der Waals surface area contributed by atoms with Crippen molar-refractivity contribution in [1.29, 1.82) is 0 Å². The van der Waals surface area contributed by atoms with Crippen LogP contribution in [0, 0.1) is 5.92 Å². The summed E-state index contributed by atoms with van der Waals surface area (Å²) in [6, 6.07) is 3.47. The van der Waals surface area contributed by atoms with Gasteiger partial charge in [-0.05, 0) is 50.5 Å². The van der Waals surface area contributed by atoms with Gasteiger partial charge in [-0.1, -0.05) is 19.9 Å². The highest BCUT2D eigenvalue weighted by Gasteiger charge is 2.32. The van der Waals surface area contributed by atoms with Gasteiger partial charge in [-0.3, -0.25) is 14.2 Å². The largest absolute Gasteiger partial charge is 0.351 e. The normalized spacial score (nSPS) is 16.8. The summed E-state index contributed by atoms with van der Waals surface area (Å²) in [6.45, 7) is 8.82. The lowest BCUT2D eigenvalue weighted by molar-refractivity contribution is -0.127. The highest BCUT2D eigenvalue weighted by Crippen LogP contribution is 2.15. The maximum Gasteiger partial charge on any atom is 0.345 e. The molecule has 9 heteroatoms. The first-order chi connectivity index (χ1) is 14.2. The van der Waals surface area contributed by atoms with Crippen molar-refractivity contribution in [2.24, 2.45) is 5.92 Å². The maximum atomic E-state index is 12.8. The van der Waals surface area contributed by atoms with Crippen LogP contribution in [0.2, 0.25) is 0 Å². The third kappa shape index (κ3) is 5.19. The van der Waals surface area contributed by atoms with Crippen molar-refractivity contribution >= 4 is 23.2 Å². The Balaban J connectivity index is 1.58. The van der Waals surface area contributed by atoms with Crippen LogP contribution in [-0.4, -0.2) is 37.7 Å². The van der Waals surface area contributed by atoms with Gasteiger partial charge in [-0.15, -0.1) is 11.3 Å². The first-order valence-electron chi connectivity index (χ1n) is 10.5. The molecular formula is C21H31N5O3S. The molecule has 1 atom stereocenters. The van der Waals surface area contributed by atoms with Gasteiger partial charge in [0.05, 0.1) is 4.88 Å². The van der Waals surface area contributed by atoms with Crippen molar-refractivity contribution in [2.75, 3.05) is 0 Å². The predicted octanol–water partition coefficient (Wildman–Crippen LogP) is 2.18. The van der Waals surface area contributed by atoms with Gasteiger partial charge >= 0.3 is 5.69 Å². The van der Waals surface area contributed by atoms with E-state index in [1.54, 1.807) is 35.2 Å². The Kier molecular flexibility index (Phi) is 6.80. The van der Waals surface area contributed by atoms with Crippen LogP contribution in [0.15, 0.2) is 22.3 Å². The topological polar surface area (TPSA) is 98.0 Å². The number of carbonyl (C=O) groups excluding carboxylic acids is 2. The summed E-state index contributed by atoms with van der Waals surface area (Å²) >= 11 is 1.34.